The van der Waals surface area contributed by atoms with Gasteiger partial charge in [0.2, 0.25) is 0 Å². The zero-order valence-electron chi connectivity index (χ0n) is 12.4. The Morgan fingerprint density at radius 3 is 2.60 bits per heavy atom. The number of rotatable bonds is 7. The van der Waals surface area contributed by atoms with E-state index in [4.69, 9.17) is 4.74 Å². The molecule has 1 saturated carbocycles. The Morgan fingerprint density at radius 2 is 2.00 bits per heavy atom. The molecule has 2 rings (SSSR count). The molecule has 0 spiro atoms. The van der Waals surface area contributed by atoms with E-state index < -0.39 is 12.0 Å². The number of hydrogen-bond donors (Lipinski definition) is 2. The highest BCUT2D eigenvalue weighted by atomic mass is 16.5. The fourth-order valence-corrected chi connectivity index (χ4v) is 2.24. The number of carbonyl (C=O) groups is 1. The molecule has 1 aliphatic carbocycles. The molecule has 4 nitrogen and oxygen atoms in total. The SMILES string of the molecule is Cc1ccc(C)c(OCCC(NC2CC2)C(=O)O)c1C. The fraction of sp³-hybridized carbons (Fsp3) is 0.562. The van der Waals surface area contributed by atoms with Crippen molar-refractivity contribution in [2.45, 2.75) is 52.1 Å². The number of hydrogen-bond acceptors (Lipinski definition) is 3. The van der Waals surface area contributed by atoms with Crippen molar-refractivity contribution >= 4 is 5.97 Å². The molecule has 0 bridgehead atoms. The van der Waals surface area contributed by atoms with Crippen LogP contribution in [-0.2, 0) is 4.79 Å². The van der Waals surface area contributed by atoms with Crippen LogP contribution in [0.2, 0.25) is 0 Å². The van der Waals surface area contributed by atoms with Gasteiger partial charge in [0.25, 0.3) is 0 Å². The molecule has 1 unspecified atom stereocenters. The molecule has 0 radical (unpaired) electrons. The molecule has 1 aliphatic rings. The molecule has 1 atom stereocenters. The number of nitrogens with one attached hydrogen (secondary N) is 1. The lowest BCUT2D eigenvalue weighted by molar-refractivity contribution is -0.139. The van der Waals surface area contributed by atoms with Crippen molar-refractivity contribution in [2.75, 3.05) is 6.61 Å². The second-order valence-electron chi connectivity index (χ2n) is 5.62. The summed E-state index contributed by atoms with van der Waals surface area (Å²) >= 11 is 0. The molecule has 0 saturated heterocycles. The third kappa shape index (κ3) is 3.73. The molecule has 0 aliphatic heterocycles. The van der Waals surface area contributed by atoms with Gasteiger partial charge in [-0.15, -0.1) is 0 Å². The Bertz CT molecular complexity index is 495. The predicted molar refractivity (Wildman–Crippen MR) is 78.3 cm³/mol. The maximum atomic E-state index is 11.2. The van der Waals surface area contributed by atoms with Gasteiger partial charge in [0.05, 0.1) is 6.61 Å². The number of aryl methyl sites for hydroxylation is 2. The van der Waals surface area contributed by atoms with Crippen LogP contribution in [0.15, 0.2) is 12.1 Å². The number of carboxylic acid groups (broad SMARTS) is 1. The topological polar surface area (TPSA) is 58.6 Å². The van der Waals surface area contributed by atoms with Crippen molar-refractivity contribution in [3.63, 3.8) is 0 Å². The third-order valence-electron chi connectivity index (χ3n) is 3.84. The highest BCUT2D eigenvalue weighted by Gasteiger charge is 2.28. The summed E-state index contributed by atoms with van der Waals surface area (Å²) < 4.78 is 5.83. The van der Waals surface area contributed by atoms with Crippen molar-refractivity contribution in [2.24, 2.45) is 0 Å². The van der Waals surface area contributed by atoms with Gasteiger partial charge in [-0.1, -0.05) is 12.1 Å². The summed E-state index contributed by atoms with van der Waals surface area (Å²) in [6.45, 7) is 6.52. The number of ether oxygens (including phenoxy) is 1. The summed E-state index contributed by atoms with van der Waals surface area (Å²) in [6, 6.07) is 3.99. The molecular formula is C16H23NO3. The minimum Gasteiger partial charge on any atom is -0.493 e. The van der Waals surface area contributed by atoms with Crippen LogP contribution in [0.5, 0.6) is 5.75 Å². The van der Waals surface area contributed by atoms with Crippen LogP contribution in [-0.4, -0.2) is 29.8 Å². The van der Waals surface area contributed by atoms with E-state index in [1.165, 1.54) is 5.56 Å². The van der Waals surface area contributed by atoms with E-state index in [0.29, 0.717) is 19.1 Å². The molecule has 1 fully saturated rings. The van der Waals surface area contributed by atoms with Crippen molar-refractivity contribution in [1.29, 1.82) is 0 Å². The largest absolute Gasteiger partial charge is 0.493 e. The lowest BCUT2D eigenvalue weighted by Crippen LogP contribution is -2.39. The lowest BCUT2D eigenvalue weighted by Gasteiger charge is -2.17. The molecule has 0 heterocycles. The summed E-state index contributed by atoms with van der Waals surface area (Å²) in [4.78, 5) is 11.2. The highest BCUT2D eigenvalue weighted by Crippen LogP contribution is 2.26. The van der Waals surface area contributed by atoms with Crippen molar-refractivity contribution in [1.82, 2.24) is 5.32 Å². The Balaban J connectivity index is 1.91. The molecule has 1 aromatic rings. The normalized spacial score (nSPS) is 15.9. The van der Waals surface area contributed by atoms with Gasteiger partial charge < -0.3 is 15.2 Å². The molecule has 2 N–H and O–H groups in total. The van der Waals surface area contributed by atoms with E-state index in [0.717, 1.165) is 29.7 Å². The first kappa shape index (κ1) is 14.9. The van der Waals surface area contributed by atoms with E-state index in [-0.39, 0.29) is 0 Å². The average Bonchev–Trinajstić information content (AvgIpc) is 3.20. The van der Waals surface area contributed by atoms with Gasteiger partial charge in [-0.3, -0.25) is 4.79 Å². The molecule has 4 heteroatoms. The van der Waals surface area contributed by atoms with Gasteiger partial charge in [-0.2, -0.15) is 0 Å². The van der Waals surface area contributed by atoms with Crippen molar-refractivity contribution in [3.05, 3.63) is 28.8 Å². The first-order valence-corrected chi connectivity index (χ1v) is 7.17. The number of benzene rings is 1. The lowest BCUT2D eigenvalue weighted by atomic mass is 10.1. The number of carboxylic acids is 1. The van der Waals surface area contributed by atoms with Crippen LogP contribution in [0.4, 0.5) is 0 Å². The highest BCUT2D eigenvalue weighted by molar-refractivity contribution is 5.73. The summed E-state index contributed by atoms with van der Waals surface area (Å²) in [5.41, 5.74) is 3.42. The van der Waals surface area contributed by atoms with Crippen LogP contribution >= 0.6 is 0 Å². The van der Waals surface area contributed by atoms with Gasteiger partial charge in [0.15, 0.2) is 0 Å². The summed E-state index contributed by atoms with van der Waals surface area (Å²) in [5, 5.41) is 12.3. The fourth-order valence-electron chi connectivity index (χ4n) is 2.24. The average molecular weight is 277 g/mol. The van der Waals surface area contributed by atoms with Gasteiger partial charge in [-0.05, 0) is 50.3 Å². The third-order valence-corrected chi connectivity index (χ3v) is 3.84. The maximum absolute atomic E-state index is 11.2. The van der Waals surface area contributed by atoms with Crippen molar-refractivity contribution < 1.29 is 14.6 Å². The van der Waals surface area contributed by atoms with Crippen LogP contribution in [0.1, 0.15) is 36.0 Å². The van der Waals surface area contributed by atoms with Crippen LogP contribution in [0, 0.1) is 20.8 Å². The smallest absolute Gasteiger partial charge is 0.320 e. The van der Waals surface area contributed by atoms with E-state index in [2.05, 4.69) is 18.3 Å². The van der Waals surface area contributed by atoms with Crippen LogP contribution in [0.25, 0.3) is 0 Å². The summed E-state index contributed by atoms with van der Waals surface area (Å²) in [6.07, 6.45) is 2.65. The first-order chi connectivity index (χ1) is 9.49. The number of aliphatic carboxylic acids is 1. The quantitative estimate of drug-likeness (QED) is 0.804. The van der Waals surface area contributed by atoms with Gasteiger partial charge in [-0.25, -0.2) is 0 Å². The standard InChI is InChI=1S/C16H23NO3/c1-10-4-5-11(2)15(12(10)3)20-9-8-14(16(18)19)17-13-6-7-13/h4-5,13-14,17H,6-9H2,1-3H3,(H,18,19). The van der Waals surface area contributed by atoms with Gasteiger partial charge >= 0.3 is 5.97 Å². The van der Waals surface area contributed by atoms with E-state index in [1.54, 1.807) is 0 Å². The Morgan fingerprint density at radius 1 is 1.35 bits per heavy atom. The van der Waals surface area contributed by atoms with Crippen molar-refractivity contribution in [3.8, 4) is 5.75 Å². The van der Waals surface area contributed by atoms with Crippen LogP contribution < -0.4 is 10.1 Å². The monoisotopic (exact) mass is 277 g/mol. The van der Waals surface area contributed by atoms with E-state index in [9.17, 15) is 9.90 Å². The summed E-state index contributed by atoms with van der Waals surface area (Å²) in [7, 11) is 0. The van der Waals surface area contributed by atoms with E-state index in [1.807, 2.05) is 19.9 Å². The van der Waals surface area contributed by atoms with Gasteiger partial charge in [0.1, 0.15) is 11.8 Å². The Hall–Kier alpha value is -1.55. The molecule has 1 aromatic carbocycles. The zero-order valence-corrected chi connectivity index (χ0v) is 12.4. The second kappa shape index (κ2) is 6.27. The van der Waals surface area contributed by atoms with Gasteiger partial charge in [0, 0.05) is 12.5 Å². The second-order valence-corrected chi connectivity index (χ2v) is 5.62. The molecule has 20 heavy (non-hydrogen) atoms. The zero-order chi connectivity index (χ0) is 14.7. The maximum Gasteiger partial charge on any atom is 0.320 e. The molecule has 0 amide bonds. The predicted octanol–water partition coefficient (Wildman–Crippen LogP) is 2.59. The summed E-state index contributed by atoms with van der Waals surface area (Å²) in [5.74, 6) is 0.0961. The molecule has 110 valence electrons. The minimum atomic E-state index is -0.793. The first-order valence-electron chi connectivity index (χ1n) is 7.17. The minimum absolute atomic E-state index is 0.388. The molecule has 0 aromatic heterocycles. The van der Waals surface area contributed by atoms with Crippen LogP contribution in [0.3, 0.4) is 0 Å². The van der Waals surface area contributed by atoms with E-state index >= 15 is 0 Å². The molecular weight excluding hydrogens is 254 g/mol. The Labute approximate surface area is 120 Å². The Kier molecular flexibility index (Phi) is 4.65.